The minimum atomic E-state index is -0.817. The Balaban J connectivity index is 2.50. The summed E-state index contributed by atoms with van der Waals surface area (Å²) in [4.78, 5) is 10.2. The Hall–Kier alpha value is -1.58. The summed E-state index contributed by atoms with van der Waals surface area (Å²) in [5, 5.41) is 12.5. The van der Waals surface area contributed by atoms with Crippen LogP contribution in [0.4, 0.5) is 0 Å². The lowest BCUT2D eigenvalue weighted by Crippen LogP contribution is -1.95. The maximum atomic E-state index is 10.2. The van der Waals surface area contributed by atoms with Crippen molar-refractivity contribution in [1.82, 2.24) is 9.78 Å². The van der Waals surface area contributed by atoms with Gasteiger partial charge in [-0.15, -0.1) is 0 Å². The number of hydrogen-bond donors (Lipinski definition) is 1. The van der Waals surface area contributed by atoms with Crippen molar-refractivity contribution < 1.29 is 9.90 Å². The molecular weight excluding hydrogens is 180 g/mol. The van der Waals surface area contributed by atoms with Gasteiger partial charge in [0.2, 0.25) is 0 Å². The van der Waals surface area contributed by atoms with Gasteiger partial charge in [-0.2, -0.15) is 5.10 Å². The third kappa shape index (κ3) is 3.43. The summed E-state index contributed by atoms with van der Waals surface area (Å²) in [5.41, 5.74) is 0.944. The van der Waals surface area contributed by atoms with Gasteiger partial charge in [0.1, 0.15) is 0 Å². The SMILES string of the molecule is CCCn1cc(C=CCC(=O)O)cn1. The van der Waals surface area contributed by atoms with Crippen LogP contribution < -0.4 is 0 Å². The van der Waals surface area contributed by atoms with Crippen molar-refractivity contribution in [3.63, 3.8) is 0 Å². The Morgan fingerprint density at radius 1 is 1.71 bits per heavy atom. The first-order valence-electron chi connectivity index (χ1n) is 4.63. The molecule has 14 heavy (non-hydrogen) atoms. The minimum Gasteiger partial charge on any atom is -0.481 e. The molecule has 4 heteroatoms. The summed E-state index contributed by atoms with van der Waals surface area (Å²) in [7, 11) is 0. The molecule has 1 N–H and O–H groups in total. The highest BCUT2D eigenvalue weighted by atomic mass is 16.4. The summed E-state index contributed by atoms with van der Waals surface area (Å²) in [5.74, 6) is -0.817. The highest BCUT2D eigenvalue weighted by molar-refractivity contribution is 5.70. The molecule has 0 unspecified atom stereocenters. The topological polar surface area (TPSA) is 55.1 Å². The van der Waals surface area contributed by atoms with Crippen LogP contribution in [0.2, 0.25) is 0 Å². The number of nitrogens with zero attached hydrogens (tertiary/aromatic N) is 2. The van der Waals surface area contributed by atoms with Crippen molar-refractivity contribution in [3.05, 3.63) is 24.0 Å². The van der Waals surface area contributed by atoms with E-state index in [-0.39, 0.29) is 6.42 Å². The van der Waals surface area contributed by atoms with Crippen molar-refractivity contribution in [2.75, 3.05) is 0 Å². The van der Waals surface area contributed by atoms with Gasteiger partial charge >= 0.3 is 5.97 Å². The van der Waals surface area contributed by atoms with E-state index in [1.165, 1.54) is 0 Å². The summed E-state index contributed by atoms with van der Waals surface area (Å²) >= 11 is 0. The fourth-order valence-electron chi connectivity index (χ4n) is 1.11. The highest BCUT2D eigenvalue weighted by Gasteiger charge is 1.94. The molecule has 0 saturated carbocycles. The molecule has 0 aliphatic rings. The van der Waals surface area contributed by atoms with Crippen LogP contribution in [-0.4, -0.2) is 20.9 Å². The van der Waals surface area contributed by atoms with Gasteiger partial charge in [0, 0.05) is 18.3 Å². The molecule has 0 saturated heterocycles. The average molecular weight is 194 g/mol. The van der Waals surface area contributed by atoms with Gasteiger partial charge in [0.25, 0.3) is 0 Å². The zero-order chi connectivity index (χ0) is 10.4. The van der Waals surface area contributed by atoms with Crippen LogP contribution in [0.1, 0.15) is 25.3 Å². The van der Waals surface area contributed by atoms with Crippen LogP contribution in [-0.2, 0) is 11.3 Å². The molecule has 0 aromatic carbocycles. The summed E-state index contributed by atoms with van der Waals surface area (Å²) in [6, 6.07) is 0. The molecule has 0 bridgehead atoms. The number of carboxylic acid groups (broad SMARTS) is 1. The predicted octanol–water partition coefficient (Wildman–Crippen LogP) is 1.78. The van der Waals surface area contributed by atoms with E-state index in [4.69, 9.17) is 5.11 Å². The Kier molecular flexibility index (Phi) is 3.91. The van der Waals surface area contributed by atoms with Crippen LogP contribution in [0.3, 0.4) is 0 Å². The second-order valence-electron chi connectivity index (χ2n) is 3.04. The first-order chi connectivity index (χ1) is 6.72. The minimum absolute atomic E-state index is 0.0545. The van der Waals surface area contributed by atoms with Crippen molar-refractivity contribution in [2.24, 2.45) is 0 Å². The van der Waals surface area contributed by atoms with E-state index in [2.05, 4.69) is 12.0 Å². The van der Waals surface area contributed by atoms with Crippen molar-refractivity contribution in [1.29, 1.82) is 0 Å². The van der Waals surface area contributed by atoms with Gasteiger partial charge in [-0.25, -0.2) is 0 Å². The summed E-state index contributed by atoms with van der Waals surface area (Å²) in [6.45, 7) is 2.98. The van der Waals surface area contributed by atoms with E-state index < -0.39 is 5.97 Å². The molecule has 1 aromatic rings. The number of rotatable bonds is 5. The fourth-order valence-corrected chi connectivity index (χ4v) is 1.11. The first-order valence-corrected chi connectivity index (χ1v) is 4.63. The number of aromatic nitrogens is 2. The molecule has 0 atom stereocenters. The smallest absolute Gasteiger partial charge is 0.307 e. The third-order valence-electron chi connectivity index (χ3n) is 1.71. The van der Waals surface area contributed by atoms with E-state index in [9.17, 15) is 4.79 Å². The van der Waals surface area contributed by atoms with E-state index in [1.54, 1.807) is 18.3 Å². The van der Waals surface area contributed by atoms with Gasteiger partial charge < -0.3 is 5.11 Å². The van der Waals surface area contributed by atoms with Crippen LogP contribution in [0.25, 0.3) is 6.08 Å². The second-order valence-corrected chi connectivity index (χ2v) is 3.04. The monoisotopic (exact) mass is 194 g/mol. The molecule has 0 aliphatic carbocycles. The van der Waals surface area contributed by atoms with Crippen LogP contribution in [0.15, 0.2) is 18.5 Å². The van der Waals surface area contributed by atoms with Gasteiger partial charge in [0.05, 0.1) is 12.6 Å². The molecule has 4 nitrogen and oxygen atoms in total. The van der Waals surface area contributed by atoms with E-state index in [0.717, 1.165) is 18.5 Å². The number of carbonyl (C=O) groups is 1. The van der Waals surface area contributed by atoms with Crippen molar-refractivity contribution >= 4 is 12.0 Å². The Morgan fingerprint density at radius 2 is 2.50 bits per heavy atom. The lowest BCUT2D eigenvalue weighted by molar-refractivity contribution is -0.135. The van der Waals surface area contributed by atoms with Crippen LogP contribution in [0.5, 0.6) is 0 Å². The quantitative estimate of drug-likeness (QED) is 0.777. The normalized spacial score (nSPS) is 10.9. The summed E-state index contributed by atoms with van der Waals surface area (Å²) < 4.78 is 1.85. The molecule has 0 radical (unpaired) electrons. The first kappa shape index (κ1) is 10.5. The average Bonchev–Trinajstić information content (AvgIpc) is 2.53. The molecule has 1 heterocycles. The Labute approximate surface area is 82.9 Å². The highest BCUT2D eigenvalue weighted by Crippen LogP contribution is 2.02. The lowest BCUT2D eigenvalue weighted by Gasteiger charge is -1.93. The molecule has 0 fully saturated rings. The van der Waals surface area contributed by atoms with Gasteiger partial charge in [-0.1, -0.05) is 19.1 Å². The Morgan fingerprint density at radius 3 is 3.14 bits per heavy atom. The molecule has 0 spiro atoms. The molecular formula is C10H14N2O2. The van der Waals surface area contributed by atoms with E-state index in [1.807, 2.05) is 10.9 Å². The van der Waals surface area contributed by atoms with E-state index >= 15 is 0 Å². The zero-order valence-corrected chi connectivity index (χ0v) is 8.18. The maximum Gasteiger partial charge on any atom is 0.307 e. The Bertz CT molecular complexity index is 329. The maximum absolute atomic E-state index is 10.2. The largest absolute Gasteiger partial charge is 0.481 e. The zero-order valence-electron chi connectivity index (χ0n) is 8.18. The predicted molar refractivity (Wildman–Crippen MR) is 53.8 cm³/mol. The fraction of sp³-hybridized carbons (Fsp3) is 0.400. The number of aliphatic carboxylic acids is 1. The van der Waals surface area contributed by atoms with Crippen LogP contribution >= 0.6 is 0 Å². The number of carboxylic acids is 1. The molecule has 1 rings (SSSR count). The standard InChI is InChI=1S/C10H14N2O2/c1-2-6-12-8-9(7-11-12)4-3-5-10(13)14/h3-4,7-8H,2,5-6H2,1H3,(H,13,14). The van der Waals surface area contributed by atoms with Crippen LogP contribution in [0, 0.1) is 0 Å². The second kappa shape index (κ2) is 5.21. The molecule has 1 aromatic heterocycles. The van der Waals surface area contributed by atoms with E-state index in [0.29, 0.717) is 0 Å². The summed E-state index contributed by atoms with van der Waals surface area (Å²) in [6.07, 6.45) is 8.12. The van der Waals surface area contributed by atoms with Gasteiger partial charge in [0.15, 0.2) is 0 Å². The van der Waals surface area contributed by atoms with Gasteiger partial charge in [-0.05, 0) is 6.42 Å². The molecule has 0 amide bonds. The number of aryl methyl sites for hydroxylation is 1. The molecule has 76 valence electrons. The molecule has 0 aliphatic heterocycles. The third-order valence-corrected chi connectivity index (χ3v) is 1.71. The lowest BCUT2D eigenvalue weighted by atomic mass is 10.3. The number of hydrogen-bond acceptors (Lipinski definition) is 2. The van der Waals surface area contributed by atoms with Crippen molar-refractivity contribution in [2.45, 2.75) is 26.3 Å². The van der Waals surface area contributed by atoms with Gasteiger partial charge in [-0.3, -0.25) is 9.48 Å². The van der Waals surface area contributed by atoms with Crippen molar-refractivity contribution in [3.8, 4) is 0 Å².